The Morgan fingerprint density at radius 2 is 1.71 bits per heavy atom. The molecule has 2 rings (SSSR count). The van der Waals surface area contributed by atoms with Gasteiger partial charge in [-0.2, -0.15) is 0 Å². The first kappa shape index (κ1) is 21.6. The second-order valence-electron chi connectivity index (χ2n) is 5.81. The van der Waals surface area contributed by atoms with Crippen molar-refractivity contribution in [1.82, 2.24) is 5.32 Å². The number of benzene rings is 1. The maximum Gasteiger partial charge on any atom is 0.341 e. The second-order valence-corrected chi connectivity index (χ2v) is 8.85. The second kappa shape index (κ2) is 8.53. The molecule has 1 aromatic heterocycles. The number of rotatable bonds is 6. The minimum atomic E-state index is -3.38. The average molecular weight is 425 g/mol. The van der Waals surface area contributed by atoms with Crippen LogP contribution in [-0.2, 0) is 14.6 Å². The van der Waals surface area contributed by atoms with Crippen LogP contribution in [0.2, 0.25) is 0 Å². The van der Waals surface area contributed by atoms with Gasteiger partial charge >= 0.3 is 5.97 Å². The zero-order valence-corrected chi connectivity index (χ0v) is 17.4. The first-order valence-electron chi connectivity index (χ1n) is 8.24. The van der Waals surface area contributed by atoms with Crippen molar-refractivity contribution in [2.24, 2.45) is 0 Å². The SMILES string of the molecule is CCOC(=O)c1c(NC(=O)c2ccc(S(C)(=O)=O)cc2)sc(C(=O)NC)c1C. The number of sulfone groups is 1. The van der Waals surface area contributed by atoms with Gasteiger partial charge in [0.05, 0.1) is 21.9 Å². The van der Waals surface area contributed by atoms with Gasteiger partial charge in [0.25, 0.3) is 11.8 Å². The van der Waals surface area contributed by atoms with Gasteiger partial charge < -0.3 is 15.4 Å². The van der Waals surface area contributed by atoms with E-state index in [1.165, 1.54) is 31.3 Å². The number of amides is 2. The molecule has 0 aliphatic rings. The maximum atomic E-state index is 12.6. The number of hydrogen-bond donors (Lipinski definition) is 2. The Labute approximate surface area is 166 Å². The van der Waals surface area contributed by atoms with E-state index in [0.717, 1.165) is 17.6 Å². The Morgan fingerprint density at radius 1 is 1.11 bits per heavy atom. The largest absolute Gasteiger partial charge is 0.462 e. The molecule has 0 fully saturated rings. The van der Waals surface area contributed by atoms with E-state index in [2.05, 4.69) is 10.6 Å². The molecule has 1 heterocycles. The molecule has 10 heteroatoms. The highest BCUT2D eigenvalue weighted by molar-refractivity contribution is 7.90. The van der Waals surface area contributed by atoms with Crippen molar-refractivity contribution in [1.29, 1.82) is 0 Å². The summed E-state index contributed by atoms with van der Waals surface area (Å²) < 4.78 is 28.1. The summed E-state index contributed by atoms with van der Waals surface area (Å²) in [4.78, 5) is 37.3. The number of ether oxygens (including phenoxy) is 1. The summed E-state index contributed by atoms with van der Waals surface area (Å²) in [5.74, 6) is -1.57. The lowest BCUT2D eigenvalue weighted by Gasteiger charge is -2.07. The third-order valence-electron chi connectivity index (χ3n) is 3.83. The Morgan fingerprint density at radius 3 is 2.21 bits per heavy atom. The van der Waals surface area contributed by atoms with Crippen molar-refractivity contribution in [3.8, 4) is 0 Å². The van der Waals surface area contributed by atoms with Crippen molar-refractivity contribution in [3.05, 3.63) is 45.8 Å². The molecule has 28 heavy (non-hydrogen) atoms. The smallest absolute Gasteiger partial charge is 0.341 e. The quantitative estimate of drug-likeness (QED) is 0.687. The van der Waals surface area contributed by atoms with E-state index < -0.39 is 21.7 Å². The third-order valence-corrected chi connectivity index (χ3v) is 6.17. The Bertz CT molecular complexity index is 1020. The van der Waals surface area contributed by atoms with Crippen LogP contribution in [0.3, 0.4) is 0 Å². The summed E-state index contributed by atoms with van der Waals surface area (Å²) in [7, 11) is -1.91. The molecule has 1 aromatic carbocycles. The first-order chi connectivity index (χ1) is 13.1. The van der Waals surface area contributed by atoms with E-state index in [1.54, 1.807) is 13.8 Å². The van der Waals surface area contributed by atoms with Crippen LogP contribution in [0.25, 0.3) is 0 Å². The van der Waals surface area contributed by atoms with Gasteiger partial charge in [0, 0.05) is 18.9 Å². The molecule has 2 amide bonds. The predicted octanol–water partition coefficient (Wildman–Crippen LogP) is 2.25. The van der Waals surface area contributed by atoms with Gasteiger partial charge in [-0.1, -0.05) is 0 Å². The minimum Gasteiger partial charge on any atom is -0.462 e. The van der Waals surface area contributed by atoms with Crippen LogP contribution in [0, 0.1) is 6.92 Å². The predicted molar refractivity (Wildman–Crippen MR) is 106 cm³/mol. The molecular formula is C18H20N2O6S2. The molecule has 0 atom stereocenters. The van der Waals surface area contributed by atoms with Crippen molar-refractivity contribution in [2.75, 3.05) is 25.2 Å². The number of carbonyl (C=O) groups is 3. The van der Waals surface area contributed by atoms with E-state index >= 15 is 0 Å². The highest BCUT2D eigenvalue weighted by atomic mass is 32.2. The molecule has 0 aliphatic carbocycles. The summed E-state index contributed by atoms with van der Waals surface area (Å²) in [5.41, 5.74) is 0.729. The van der Waals surface area contributed by atoms with E-state index in [0.29, 0.717) is 5.56 Å². The molecule has 0 saturated carbocycles. The molecule has 0 saturated heterocycles. The summed E-state index contributed by atoms with van der Waals surface area (Å²) in [5, 5.41) is 5.29. The lowest BCUT2D eigenvalue weighted by Crippen LogP contribution is -2.18. The normalized spacial score (nSPS) is 11.0. The number of hydrogen-bond acceptors (Lipinski definition) is 7. The van der Waals surface area contributed by atoms with Gasteiger partial charge in [-0.25, -0.2) is 13.2 Å². The van der Waals surface area contributed by atoms with Gasteiger partial charge in [0.1, 0.15) is 5.00 Å². The van der Waals surface area contributed by atoms with Crippen LogP contribution in [0.1, 0.15) is 42.9 Å². The molecule has 0 spiro atoms. The van der Waals surface area contributed by atoms with Gasteiger partial charge in [-0.15, -0.1) is 11.3 Å². The van der Waals surface area contributed by atoms with Crippen molar-refractivity contribution >= 4 is 44.0 Å². The zero-order valence-electron chi connectivity index (χ0n) is 15.8. The molecule has 0 unspecified atom stereocenters. The fourth-order valence-electron chi connectivity index (χ4n) is 2.41. The van der Waals surface area contributed by atoms with E-state index in [9.17, 15) is 22.8 Å². The van der Waals surface area contributed by atoms with Crippen molar-refractivity contribution in [2.45, 2.75) is 18.7 Å². The standard InChI is InChI=1S/C18H20N2O6S2/c1-5-26-18(23)13-10(2)14(16(22)19-3)27-17(13)20-15(21)11-6-8-12(9-7-11)28(4,24)25/h6-9H,5H2,1-4H3,(H,19,22)(H,20,21). The summed E-state index contributed by atoms with van der Waals surface area (Å²) in [6.45, 7) is 3.40. The Hall–Kier alpha value is -2.72. The van der Waals surface area contributed by atoms with Crippen LogP contribution in [-0.4, -0.2) is 46.1 Å². The molecule has 2 N–H and O–H groups in total. The maximum absolute atomic E-state index is 12.6. The summed E-state index contributed by atoms with van der Waals surface area (Å²) in [6.07, 6.45) is 1.07. The highest BCUT2D eigenvalue weighted by Crippen LogP contribution is 2.34. The molecule has 0 aliphatic heterocycles. The van der Waals surface area contributed by atoms with E-state index in [1.807, 2.05) is 0 Å². The van der Waals surface area contributed by atoms with Crippen LogP contribution in [0.4, 0.5) is 5.00 Å². The molecule has 0 bridgehead atoms. The fourth-order valence-corrected chi connectivity index (χ4v) is 4.18. The zero-order chi connectivity index (χ0) is 21.1. The van der Waals surface area contributed by atoms with Crippen molar-refractivity contribution < 1.29 is 27.5 Å². The summed E-state index contributed by atoms with van der Waals surface area (Å²) in [6, 6.07) is 5.39. The van der Waals surface area contributed by atoms with Gasteiger partial charge in [0.2, 0.25) is 0 Å². The number of anilines is 1. The van der Waals surface area contributed by atoms with Gasteiger partial charge in [0.15, 0.2) is 9.84 Å². The first-order valence-corrected chi connectivity index (χ1v) is 10.9. The lowest BCUT2D eigenvalue weighted by molar-refractivity contribution is 0.0527. The number of thiophene rings is 1. The molecule has 2 aromatic rings. The highest BCUT2D eigenvalue weighted by Gasteiger charge is 2.26. The van der Waals surface area contributed by atoms with Gasteiger partial charge in [-0.3, -0.25) is 9.59 Å². The molecular weight excluding hydrogens is 404 g/mol. The Balaban J connectivity index is 2.40. The fraction of sp³-hybridized carbons (Fsp3) is 0.278. The average Bonchev–Trinajstić information content (AvgIpc) is 2.96. The van der Waals surface area contributed by atoms with Crippen LogP contribution >= 0.6 is 11.3 Å². The molecule has 8 nitrogen and oxygen atoms in total. The van der Waals surface area contributed by atoms with Crippen molar-refractivity contribution in [3.63, 3.8) is 0 Å². The van der Waals surface area contributed by atoms with E-state index in [-0.39, 0.29) is 38.4 Å². The van der Waals surface area contributed by atoms with E-state index in [4.69, 9.17) is 4.74 Å². The lowest BCUT2D eigenvalue weighted by atomic mass is 10.1. The Kier molecular flexibility index (Phi) is 6.57. The van der Waals surface area contributed by atoms with Crippen LogP contribution in [0.5, 0.6) is 0 Å². The van der Waals surface area contributed by atoms with Crippen LogP contribution in [0.15, 0.2) is 29.2 Å². The summed E-state index contributed by atoms with van der Waals surface area (Å²) >= 11 is 0.963. The number of esters is 1. The minimum absolute atomic E-state index is 0.0881. The molecule has 0 radical (unpaired) electrons. The third kappa shape index (κ3) is 4.57. The van der Waals surface area contributed by atoms with Crippen LogP contribution < -0.4 is 10.6 Å². The van der Waals surface area contributed by atoms with Gasteiger partial charge in [-0.05, 0) is 43.7 Å². The number of carbonyl (C=O) groups excluding carboxylic acids is 3. The number of nitrogens with one attached hydrogen (secondary N) is 2. The monoisotopic (exact) mass is 424 g/mol. The topological polar surface area (TPSA) is 119 Å². The molecule has 150 valence electrons.